The van der Waals surface area contributed by atoms with Crippen molar-refractivity contribution in [2.75, 3.05) is 6.54 Å². The quantitative estimate of drug-likeness (QED) is 0.598. The Morgan fingerprint density at radius 1 is 1.06 bits per heavy atom. The van der Waals surface area contributed by atoms with Gasteiger partial charge in [-0.1, -0.05) is 39.5 Å². The molecule has 0 aliphatic carbocycles. The Kier molecular flexibility index (Phi) is 7.60. The molecule has 1 nitrogen and oxygen atoms in total. The third kappa shape index (κ3) is 6.55. The summed E-state index contributed by atoms with van der Waals surface area (Å²) < 4.78 is 0. The number of thiophene rings is 1. The van der Waals surface area contributed by atoms with Crippen molar-refractivity contribution in [3.63, 3.8) is 0 Å². The van der Waals surface area contributed by atoms with Crippen molar-refractivity contribution < 1.29 is 0 Å². The Labute approximate surface area is 117 Å². The van der Waals surface area contributed by atoms with Crippen LogP contribution in [0.4, 0.5) is 0 Å². The van der Waals surface area contributed by atoms with Gasteiger partial charge >= 0.3 is 0 Å². The minimum Gasteiger partial charge on any atom is -0.309 e. The zero-order valence-corrected chi connectivity index (χ0v) is 13.3. The van der Waals surface area contributed by atoms with Crippen LogP contribution >= 0.6 is 11.3 Å². The van der Waals surface area contributed by atoms with Crippen molar-refractivity contribution in [1.29, 1.82) is 0 Å². The van der Waals surface area contributed by atoms with Crippen LogP contribution in [0, 0.1) is 12.8 Å². The molecule has 2 heteroatoms. The summed E-state index contributed by atoms with van der Waals surface area (Å²) in [7, 11) is 0. The van der Waals surface area contributed by atoms with Crippen LogP contribution in [0.5, 0.6) is 0 Å². The molecule has 0 saturated carbocycles. The number of hydrogen-bond donors (Lipinski definition) is 1. The highest BCUT2D eigenvalue weighted by atomic mass is 32.1. The Bertz CT molecular complexity index is 317. The van der Waals surface area contributed by atoms with E-state index in [9.17, 15) is 0 Å². The lowest BCUT2D eigenvalue weighted by Gasteiger charge is -2.12. The van der Waals surface area contributed by atoms with Gasteiger partial charge in [0.25, 0.3) is 0 Å². The fourth-order valence-corrected chi connectivity index (χ4v) is 3.04. The molecule has 18 heavy (non-hydrogen) atoms. The van der Waals surface area contributed by atoms with Gasteiger partial charge in [0.15, 0.2) is 0 Å². The molecule has 1 aromatic rings. The first-order chi connectivity index (χ1) is 8.59. The van der Waals surface area contributed by atoms with Crippen LogP contribution < -0.4 is 5.32 Å². The maximum absolute atomic E-state index is 3.62. The smallest absolute Gasteiger partial charge is 0.0386 e. The lowest BCUT2D eigenvalue weighted by molar-refractivity contribution is 0.500. The molecular formula is C16H29NS. The summed E-state index contributed by atoms with van der Waals surface area (Å²) in [5.74, 6) is 0.866. The van der Waals surface area contributed by atoms with Gasteiger partial charge in [-0.25, -0.2) is 0 Å². The van der Waals surface area contributed by atoms with Gasteiger partial charge in [-0.2, -0.15) is 0 Å². The van der Waals surface area contributed by atoms with Crippen LogP contribution in [-0.2, 0) is 0 Å². The van der Waals surface area contributed by atoms with Crippen LogP contribution in [0.1, 0.15) is 68.7 Å². The molecule has 104 valence electrons. The topological polar surface area (TPSA) is 12.0 Å². The van der Waals surface area contributed by atoms with E-state index >= 15 is 0 Å². The molecule has 1 N–H and O–H groups in total. The van der Waals surface area contributed by atoms with E-state index in [1.54, 1.807) is 0 Å². The van der Waals surface area contributed by atoms with Gasteiger partial charge in [0.2, 0.25) is 0 Å². The van der Waals surface area contributed by atoms with E-state index in [0.717, 1.165) is 12.5 Å². The van der Waals surface area contributed by atoms with E-state index < -0.39 is 0 Å². The molecule has 0 amide bonds. The Hall–Kier alpha value is -0.340. The molecule has 0 aliphatic heterocycles. The SMILES string of the molecule is Cc1ccc(C(C)NCCCCCCC(C)C)s1. The number of unbranched alkanes of at least 4 members (excludes halogenated alkanes) is 3. The second-order valence-corrected chi connectivity index (χ2v) is 7.04. The molecule has 0 aromatic carbocycles. The molecule has 0 bridgehead atoms. The Balaban J connectivity index is 2.01. The van der Waals surface area contributed by atoms with E-state index in [2.05, 4.69) is 45.1 Å². The summed E-state index contributed by atoms with van der Waals surface area (Å²) in [5.41, 5.74) is 0. The maximum atomic E-state index is 3.62. The van der Waals surface area contributed by atoms with Crippen molar-refractivity contribution in [3.05, 3.63) is 21.9 Å². The Morgan fingerprint density at radius 2 is 1.78 bits per heavy atom. The van der Waals surface area contributed by atoms with Gasteiger partial charge in [-0.05, 0) is 44.9 Å². The normalized spacial score (nSPS) is 13.2. The summed E-state index contributed by atoms with van der Waals surface area (Å²) >= 11 is 1.91. The van der Waals surface area contributed by atoms with E-state index in [1.165, 1.54) is 41.9 Å². The molecule has 1 atom stereocenters. The molecule has 1 aromatic heterocycles. The third-order valence-electron chi connectivity index (χ3n) is 3.35. The molecule has 1 unspecified atom stereocenters. The molecule has 1 rings (SSSR count). The summed E-state index contributed by atoms with van der Waals surface area (Å²) in [6.07, 6.45) is 6.87. The minimum atomic E-state index is 0.513. The predicted molar refractivity (Wildman–Crippen MR) is 83.4 cm³/mol. The van der Waals surface area contributed by atoms with Crippen molar-refractivity contribution in [3.8, 4) is 0 Å². The zero-order chi connectivity index (χ0) is 13.4. The number of hydrogen-bond acceptors (Lipinski definition) is 2. The average Bonchev–Trinajstić information content (AvgIpc) is 2.74. The first kappa shape index (κ1) is 15.7. The van der Waals surface area contributed by atoms with Gasteiger partial charge in [0.1, 0.15) is 0 Å². The van der Waals surface area contributed by atoms with E-state index in [4.69, 9.17) is 0 Å². The fraction of sp³-hybridized carbons (Fsp3) is 0.750. The number of aryl methyl sites for hydroxylation is 1. The van der Waals surface area contributed by atoms with Crippen LogP contribution in [0.3, 0.4) is 0 Å². The zero-order valence-electron chi connectivity index (χ0n) is 12.5. The minimum absolute atomic E-state index is 0.513. The molecule has 1 heterocycles. The number of rotatable bonds is 9. The van der Waals surface area contributed by atoms with E-state index in [1.807, 2.05) is 11.3 Å². The Morgan fingerprint density at radius 3 is 2.39 bits per heavy atom. The summed E-state index contributed by atoms with van der Waals surface area (Å²) in [6.45, 7) is 10.2. The van der Waals surface area contributed by atoms with Gasteiger partial charge < -0.3 is 5.32 Å². The summed E-state index contributed by atoms with van der Waals surface area (Å²) in [4.78, 5) is 2.87. The lowest BCUT2D eigenvalue weighted by atomic mass is 10.0. The van der Waals surface area contributed by atoms with Crippen LogP contribution in [0.25, 0.3) is 0 Å². The van der Waals surface area contributed by atoms with Crippen LogP contribution in [0.2, 0.25) is 0 Å². The highest BCUT2D eigenvalue weighted by molar-refractivity contribution is 7.12. The first-order valence-corrected chi connectivity index (χ1v) is 8.21. The van der Waals surface area contributed by atoms with E-state index in [0.29, 0.717) is 6.04 Å². The highest BCUT2D eigenvalue weighted by Crippen LogP contribution is 2.22. The molecule has 0 saturated heterocycles. The molecule has 0 fully saturated rings. The summed E-state index contributed by atoms with van der Waals surface area (Å²) in [6, 6.07) is 4.98. The van der Waals surface area contributed by atoms with Crippen molar-refractivity contribution in [1.82, 2.24) is 5.32 Å². The third-order valence-corrected chi connectivity index (χ3v) is 4.53. The van der Waals surface area contributed by atoms with E-state index in [-0.39, 0.29) is 0 Å². The largest absolute Gasteiger partial charge is 0.309 e. The van der Waals surface area contributed by atoms with Crippen LogP contribution in [0.15, 0.2) is 12.1 Å². The predicted octanol–water partition coefficient (Wildman–Crippen LogP) is 5.31. The summed E-state index contributed by atoms with van der Waals surface area (Å²) in [5, 5.41) is 3.62. The second kappa shape index (κ2) is 8.71. The molecule has 0 aliphatic rings. The van der Waals surface area contributed by atoms with Crippen LogP contribution in [-0.4, -0.2) is 6.54 Å². The molecular weight excluding hydrogens is 238 g/mol. The van der Waals surface area contributed by atoms with Crippen molar-refractivity contribution in [2.45, 2.75) is 65.8 Å². The second-order valence-electron chi connectivity index (χ2n) is 5.72. The molecule has 0 radical (unpaired) electrons. The van der Waals surface area contributed by atoms with Gasteiger partial charge in [-0.3, -0.25) is 0 Å². The monoisotopic (exact) mass is 267 g/mol. The van der Waals surface area contributed by atoms with Gasteiger partial charge in [0.05, 0.1) is 0 Å². The van der Waals surface area contributed by atoms with Gasteiger partial charge in [0, 0.05) is 15.8 Å². The van der Waals surface area contributed by atoms with Crippen molar-refractivity contribution in [2.24, 2.45) is 5.92 Å². The molecule has 0 spiro atoms. The first-order valence-electron chi connectivity index (χ1n) is 7.39. The average molecular weight is 267 g/mol. The fourth-order valence-electron chi connectivity index (χ4n) is 2.14. The maximum Gasteiger partial charge on any atom is 0.0386 e. The lowest BCUT2D eigenvalue weighted by Crippen LogP contribution is -2.18. The number of nitrogens with one attached hydrogen (secondary N) is 1. The van der Waals surface area contributed by atoms with Crippen molar-refractivity contribution >= 4 is 11.3 Å². The van der Waals surface area contributed by atoms with Gasteiger partial charge in [-0.15, -0.1) is 11.3 Å². The highest BCUT2D eigenvalue weighted by Gasteiger charge is 2.05. The standard InChI is InChI=1S/C16H29NS/c1-13(2)9-7-5-6-8-12-17-15(4)16-11-10-14(3)18-16/h10-11,13,15,17H,5-9,12H2,1-4H3.